The Kier molecular flexibility index (Phi) is 4.84. The van der Waals surface area contributed by atoms with E-state index in [-0.39, 0.29) is 0 Å². The molecule has 9 heteroatoms. The van der Waals surface area contributed by atoms with Crippen LogP contribution in [0.5, 0.6) is 0 Å². The second kappa shape index (κ2) is 6.93. The number of nitrogens with zero attached hydrogens (tertiary/aromatic N) is 4. The molecule has 6 nitrogen and oxygen atoms in total. The highest BCUT2D eigenvalue weighted by Crippen LogP contribution is 2.27. The highest BCUT2D eigenvalue weighted by Gasteiger charge is 2.27. The van der Waals surface area contributed by atoms with Crippen LogP contribution in [0.1, 0.15) is 18.5 Å². The Morgan fingerprint density at radius 1 is 1.08 bits per heavy atom. The van der Waals surface area contributed by atoms with E-state index >= 15 is 0 Å². The van der Waals surface area contributed by atoms with Crippen LogP contribution < -0.4 is 0 Å². The number of aromatic nitrogens is 3. The van der Waals surface area contributed by atoms with Crippen LogP contribution in [0.25, 0.3) is 5.69 Å². The highest BCUT2D eigenvalue weighted by molar-refractivity contribution is 7.89. The van der Waals surface area contributed by atoms with Gasteiger partial charge >= 0.3 is 0 Å². The minimum atomic E-state index is -4.06. The summed E-state index contributed by atoms with van der Waals surface area (Å²) < 4.78 is 54.8. The van der Waals surface area contributed by atoms with Crippen molar-refractivity contribution in [3.8, 4) is 5.69 Å². The number of hydrogen-bond donors (Lipinski definition) is 0. The summed E-state index contributed by atoms with van der Waals surface area (Å²) in [7, 11) is -2.69. The van der Waals surface area contributed by atoms with E-state index in [2.05, 4.69) is 10.1 Å². The molecular formula is C17H16F2N4O2S. The molecule has 3 aromatic rings. The lowest BCUT2D eigenvalue weighted by Gasteiger charge is -2.25. The average Bonchev–Trinajstić information content (AvgIpc) is 3.14. The number of rotatable bonds is 5. The molecule has 0 N–H and O–H groups in total. The Hall–Kier alpha value is -2.65. The monoisotopic (exact) mass is 378 g/mol. The van der Waals surface area contributed by atoms with Gasteiger partial charge in [-0.1, -0.05) is 12.1 Å². The molecule has 1 aromatic heterocycles. The van der Waals surface area contributed by atoms with Crippen LogP contribution in [0.15, 0.2) is 60.0 Å². The first-order valence-electron chi connectivity index (χ1n) is 7.68. The topological polar surface area (TPSA) is 68.1 Å². The summed E-state index contributed by atoms with van der Waals surface area (Å²) in [6.45, 7) is 1.69. The lowest BCUT2D eigenvalue weighted by atomic mass is 10.1. The molecule has 0 amide bonds. The normalized spacial score (nSPS) is 13.1. The number of hydrogen-bond acceptors (Lipinski definition) is 4. The largest absolute Gasteiger partial charge is 0.243 e. The molecule has 1 heterocycles. The van der Waals surface area contributed by atoms with E-state index in [1.807, 2.05) is 0 Å². The minimum absolute atomic E-state index is 0.427. The second-order valence-electron chi connectivity index (χ2n) is 5.73. The zero-order chi connectivity index (χ0) is 18.9. The number of halogens is 2. The van der Waals surface area contributed by atoms with Gasteiger partial charge in [-0.15, -0.1) is 0 Å². The van der Waals surface area contributed by atoms with Crippen molar-refractivity contribution >= 4 is 10.0 Å². The molecule has 0 spiro atoms. The van der Waals surface area contributed by atoms with Crippen LogP contribution in [0.2, 0.25) is 0 Å². The van der Waals surface area contributed by atoms with Gasteiger partial charge in [0.15, 0.2) is 0 Å². The van der Waals surface area contributed by atoms with Gasteiger partial charge in [0.05, 0.1) is 10.6 Å². The van der Waals surface area contributed by atoms with Crippen LogP contribution in [0, 0.1) is 11.6 Å². The van der Waals surface area contributed by atoms with Gasteiger partial charge in [-0.25, -0.2) is 26.9 Å². The lowest BCUT2D eigenvalue weighted by Crippen LogP contribution is -2.30. The van der Waals surface area contributed by atoms with Gasteiger partial charge in [0.1, 0.15) is 24.3 Å². The Morgan fingerprint density at radius 2 is 1.69 bits per heavy atom. The first-order chi connectivity index (χ1) is 12.3. The van der Waals surface area contributed by atoms with E-state index in [1.54, 1.807) is 42.2 Å². The fourth-order valence-corrected chi connectivity index (χ4v) is 3.90. The van der Waals surface area contributed by atoms with Crippen molar-refractivity contribution < 1.29 is 17.2 Å². The van der Waals surface area contributed by atoms with E-state index < -0.39 is 32.6 Å². The van der Waals surface area contributed by atoms with Gasteiger partial charge in [-0.05, 0) is 36.8 Å². The molecule has 26 heavy (non-hydrogen) atoms. The van der Waals surface area contributed by atoms with Gasteiger partial charge in [-0.2, -0.15) is 9.40 Å². The maximum absolute atomic E-state index is 13.4. The molecule has 0 fully saturated rings. The predicted octanol–water partition coefficient (Wildman–Crippen LogP) is 2.93. The SMILES string of the molecule is CC(c1ccc(-n2cncn2)cc1)N(C)S(=O)(=O)c1cc(F)cc(F)c1. The minimum Gasteiger partial charge on any atom is -0.223 e. The molecule has 1 unspecified atom stereocenters. The zero-order valence-electron chi connectivity index (χ0n) is 14.0. The number of benzene rings is 2. The molecule has 0 bridgehead atoms. The Balaban J connectivity index is 1.87. The van der Waals surface area contributed by atoms with Crippen molar-refractivity contribution in [2.75, 3.05) is 7.05 Å². The maximum Gasteiger partial charge on any atom is 0.243 e. The summed E-state index contributed by atoms with van der Waals surface area (Å²) >= 11 is 0. The standard InChI is InChI=1S/C17H16F2N4O2S/c1-12(13-3-5-16(6-4-13)23-11-20-10-21-23)22(2)26(24,25)17-8-14(18)7-15(19)9-17/h3-12H,1-2H3. The Bertz CT molecular complexity index is 986. The van der Waals surface area contributed by atoms with Gasteiger partial charge in [0, 0.05) is 19.2 Å². The average molecular weight is 378 g/mol. The third kappa shape index (κ3) is 3.49. The molecule has 0 aliphatic rings. The zero-order valence-corrected chi connectivity index (χ0v) is 14.9. The molecular weight excluding hydrogens is 362 g/mol. The summed E-state index contributed by atoms with van der Waals surface area (Å²) in [4.78, 5) is 3.44. The molecule has 3 rings (SSSR count). The second-order valence-corrected chi connectivity index (χ2v) is 7.73. The third-order valence-electron chi connectivity index (χ3n) is 4.12. The first kappa shape index (κ1) is 18.2. The van der Waals surface area contributed by atoms with Gasteiger partial charge in [0.25, 0.3) is 0 Å². The fourth-order valence-electron chi connectivity index (χ4n) is 2.51. The molecule has 0 saturated carbocycles. The molecule has 136 valence electrons. The van der Waals surface area contributed by atoms with Crippen LogP contribution >= 0.6 is 0 Å². The summed E-state index contributed by atoms with van der Waals surface area (Å²) in [5.41, 5.74) is 1.49. The molecule has 0 radical (unpaired) electrons. The Labute approximate surface area is 149 Å². The lowest BCUT2D eigenvalue weighted by molar-refractivity contribution is 0.397. The Morgan fingerprint density at radius 3 is 2.23 bits per heavy atom. The van der Waals surface area contributed by atoms with E-state index in [9.17, 15) is 17.2 Å². The molecule has 0 aliphatic carbocycles. The quantitative estimate of drug-likeness (QED) is 0.685. The van der Waals surface area contributed by atoms with Gasteiger partial charge in [0.2, 0.25) is 10.0 Å². The maximum atomic E-state index is 13.4. The fraction of sp³-hybridized carbons (Fsp3) is 0.176. The van der Waals surface area contributed by atoms with Crippen molar-refractivity contribution in [2.24, 2.45) is 0 Å². The van der Waals surface area contributed by atoms with E-state index in [0.717, 1.165) is 27.7 Å². The molecule has 1 atom stereocenters. The summed E-state index contributed by atoms with van der Waals surface area (Å²) in [5.74, 6) is -1.89. The van der Waals surface area contributed by atoms with Crippen molar-refractivity contribution in [3.63, 3.8) is 0 Å². The first-order valence-corrected chi connectivity index (χ1v) is 9.12. The summed E-state index contributed by atoms with van der Waals surface area (Å²) in [5, 5.41) is 4.02. The highest BCUT2D eigenvalue weighted by atomic mass is 32.2. The smallest absolute Gasteiger partial charge is 0.223 e. The third-order valence-corrected chi connectivity index (χ3v) is 6.02. The summed E-state index contributed by atoms with van der Waals surface area (Å²) in [6.07, 6.45) is 2.96. The van der Waals surface area contributed by atoms with Crippen molar-refractivity contribution in [1.82, 2.24) is 19.1 Å². The number of sulfonamides is 1. The summed E-state index contributed by atoms with van der Waals surface area (Å²) in [6, 6.07) is 8.78. The molecule has 0 aliphatic heterocycles. The van der Waals surface area contributed by atoms with Gasteiger partial charge in [-0.3, -0.25) is 0 Å². The van der Waals surface area contributed by atoms with E-state index in [1.165, 1.54) is 13.4 Å². The molecule has 0 saturated heterocycles. The van der Waals surface area contributed by atoms with E-state index in [4.69, 9.17) is 0 Å². The van der Waals surface area contributed by atoms with E-state index in [0.29, 0.717) is 6.07 Å². The van der Waals surface area contributed by atoms with Crippen LogP contribution in [-0.2, 0) is 10.0 Å². The van der Waals surface area contributed by atoms with Crippen molar-refractivity contribution in [2.45, 2.75) is 17.9 Å². The van der Waals surface area contributed by atoms with Crippen LogP contribution in [0.4, 0.5) is 8.78 Å². The van der Waals surface area contributed by atoms with Gasteiger partial charge < -0.3 is 0 Å². The predicted molar refractivity (Wildman–Crippen MR) is 91.1 cm³/mol. The van der Waals surface area contributed by atoms with Crippen molar-refractivity contribution in [3.05, 3.63) is 72.3 Å². The molecule has 2 aromatic carbocycles. The van der Waals surface area contributed by atoms with Crippen LogP contribution in [0.3, 0.4) is 0 Å². The van der Waals surface area contributed by atoms with Crippen molar-refractivity contribution in [1.29, 1.82) is 0 Å². The van der Waals surface area contributed by atoms with Crippen LogP contribution in [-0.4, -0.2) is 34.5 Å².